The van der Waals surface area contributed by atoms with E-state index in [1.165, 1.54) is 6.07 Å². The van der Waals surface area contributed by atoms with Crippen molar-refractivity contribution >= 4 is 17.4 Å². The zero-order chi connectivity index (χ0) is 25.4. The van der Waals surface area contributed by atoms with E-state index in [1.807, 2.05) is 17.0 Å². The van der Waals surface area contributed by atoms with Crippen molar-refractivity contribution in [3.05, 3.63) is 64.3 Å². The molecule has 0 radical (unpaired) electrons. The summed E-state index contributed by atoms with van der Waals surface area (Å²) >= 11 is 6.39. The van der Waals surface area contributed by atoms with Crippen molar-refractivity contribution in [3.8, 4) is 5.69 Å². The van der Waals surface area contributed by atoms with Crippen LogP contribution in [0.1, 0.15) is 48.1 Å². The first kappa shape index (κ1) is 23.4. The van der Waals surface area contributed by atoms with Crippen molar-refractivity contribution in [3.63, 3.8) is 0 Å². The summed E-state index contributed by atoms with van der Waals surface area (Å²) in [7, 11) is 0. The zero-order valence-corrected chi connectivity index (χ0v) is 20.8. The second kappa shape index (κ2) is 8.41. The molecule has 0 unspecified atom stereocenters. The van der Waals surface area contributed by atoms with E-state index in [2.05, 4.69) is 30.7 Å². The number of hydrogen-bond donors (Lipinski definition) is 0. The van der Waals surface area contributed by atoms with Gasteiger partial charge in [-0.25, -0.2) is 4.98 Å². The van der Waals surface area contributed by atoms with Gasteiger partial charge in [0.25, 0.3) is 0 Å². The van der Waals surface area contributed by atoms with E-state index in [9.17, 15) is 13.2 Å². The second-order valence-electron chi connectivity index (χ2n) is 10.8. The molecule has 1 saturated carbocycles. The number of benzene rings is 1. The fourth-order valence-corrected chi connectivity index (χ4v) is 6.69. The van der Waals surface area contributed by atoms with Crippen LogP contribution >= 0.6 is 11.6 Å². The van der Waals surface area contributed by atoms with Crippen molar-refractivity contribution in [1.82, 2.24) is 24.6 Å². The van der Waals surface area contributed by atoms with Gasteiger partial charge in [-0.1, -0.05) is 17.7 Å². The van der Waals surface area contributed by atoms with Crippen molar-refractivity contribution < 1.29 is 17.9 Å². The molecule has 1 spiro atoms. The van der Waals surface area contributed by atoms with Crippen molar-refractivity contribution in [1.29, 1.82) is 0 Å². The molecule has 5 heterocycles. The molecule has 0 amide bonds. The first-order valence-corrected chi connectivity index (χ1v) is 13.0. The van der Waals surface area contributed by atoms with Crippen LogP contribution in [0.2, 0.25) is 5.02 Å². The Kier molecular flexibility index (Phi) is 5.32. The molecule has 0 bridgehead atoms. The van der Waals surface area contributed by atoms with Gasteiger partial charge >= 0.3 is 6.18 Å². The summed E-state index contributed by atoms with van der Waals surface area (Å²) in [6, 6.07) is 10.4. The van der Waals surface area contributed by atoms with Crippen LogP contribution in [0.25, 0.3) is 5.69 Å². The molecule has 1 aromatic carbocycles. The van der Waals surface area contributed by atoms with Gasteiger partial charge in [-0.15, -0.1) is 10.2 Å². The Morgan fingerprint density at radius 3 is 2.65 bits per heavy atom. The van der Waals surface area contributed by atoms with Gasteiger partial charge in [-0.2, -0.15) is 13.2 Å². The lowest BCUT2D eigenvalue weighted by molar-refractivity contribution is -0.141. The lowest BCUT2D eigenvalue weighted by Crippen LogP contribution is -2.62. The Balaban J connectivity index is 1.11. The standard InChI is InChI=1S/C26H26ClF3N6O/c27-18-4-5-20-16(8-18)11-34(19-6-7-37-13-19)12-23-32-33-24(36(20)23)17-9-25(10-17)14-35(15-25)22-3-1-2-21(31-22)26(28,29)30/h1-5,8,17,19H,6-7,9-15H2/t19-/m1/s1. The van der Waals surface area contributed by atoms with Crippen LogP contribution in [0.5, 0.6) is 0 Å². The van der Waals surface area contributed by atoms with Gasteiger partial charge in [-0.05, 0) is 55.2 Å². The minimum atomic E-state index is -4.44. The maximum absolute atomic E-state index is 13.1. The zero-order valence-electron chi connectivity index (χ0n) is 20.1. The third-order valence-electron chi connectivity index (χ3n) is 8.30. The fourth-order valence-electron chi connectivity index (χ4n) is 6.49. The Hall–Kier alpha value is -2.69. The number of hydrogen-bond acceptors (Lipinski definition) is 6. The van der Waals surface area contributed by atoms with E-state index in [-0.39, 0.29) is 11.3 Å². The van der Waals surface area contributed by atoms with Gasteiger partial charge < -0.3 is 9.64 Å². The summed E-state index contributed by atoms with van der Waals surface area (Å²) in [5, 5.41) is 9.98. The van der Waals surface area contributed by atoms with Gasteiger partial charge in [0.15, 0.2) is 5.82 Å². The first-order chi connectivity index (χ1) is 17.8. The molecule has 3 fully saturated rings. The van der Waals surface area contributed by atoms with Crippen LogP contribution in [0.4, 0.5) is 19.0 Å². The molecule has 37 heavy (non-hydrogen) atoms. The minimum absolute atomic E-state index is 0.0910. The van der Waals surface area contributed by atoms with Gasteiger partial charge in [0.2, 0.25) is 0 Å². The molecule has 2 aromatic heterocycles. The molecule has 3 aromatic rings. The SMILES string of the molecule is FC(F)(F)c1cccc(N2CC3(CC(c4nnc5n4-c4ccc(Cl)cc4CN([C@@H]4CCOC4)C5)C3)C2)n1. The van der Waals surface area contributed by atoms with Gasteiger partial charge in [-0.3, -0.25) is 9.47 Å². The highest BCUT2D eigenvalue weighted by atomic mass is 35.5. The summed E-state index contributed by atoms with van der Waals surface area (Å²) in [5.74, 6) is 2.53. The Bertz CT molecular complexity index is 1340. The number of halogens is 4. The molecular formula is C26H26ClF3N6O. The topological polar surface area (TPSA) is 59.3 Å². The van der Waals surface area contributed by atoms with Crippen LogP contribution in [0, 0.1) is 5.41 Å². The molecule has 194 valence electrons. The Morgan fingerprint density at radius 2 is 1.89 bits per heavy atom. The van der Waals surface area contributed by atoms with Crippen LogP contribution in [-0.4, -0.2) is 57.0 Å². The number of rotatable bonds is 3. The minimum Gasteiger partial charge on any atom is -0.380 e. The molecule has 7 rings (SSSR count). The molecule has 4 aliphatic rings. The van der Waals surface area contributed by atoms with E-state index in [0.29, 0.717) is 36.5 Å². The smallest absolute Gasteiger partial charge is 0.380 e. The Labute approximate surface area is 217 Å². The maximum Gasteiger partial charge on any atom is 0.433 e. The van der Waals surface area contributed by atoms with Gasteiger partial charge in [0.1, 0.15) is 17.3 Å². The molecule has 1 atom stereocenters. The predicted molar refractivity (Wildman–Crippen MR) is 131 cm³/mol. The molecule has 7 nitrogen and oxygen atoms in total. The average molecular weight is 531 g/mol. The summed E-state index contributed by atoms with van der Waals surface area (Å²) < 4.78 is 47.1. The summed E-state index contributed by atoms with van der Waals surface area (Å²) in [4.78, 5) is 8.20. The van der Waals surface area contributed by atoms with Crippen molar-refractivity contribution in [2.24, 2.45) is 5.41 Å². The normalized spacial score (nSPS) is 23.4. The third kappa shape index (κ3) is 4.00. The molecule has 1 aliphatic carbocycles. The molecule has 2 saturated heterocycles. The quantitative estimate of drug-likeness (QED) is 0.484. The summed E-state index contributed by atoms with van der Waals surface area (Å²) in [6.07, 6.45) is -1.57. The lowest BCUT2D eigenvalue weighted by atomic mass is 9.57. The molecular weight excluding hydrogens is 505 g/mol. The van der Waals surface area contributed by atoms with Crippen LogP contribution in [-0.2, 0) is 24.0 Å². The van der Waals surface area contributed by atoms with Gasteiger partial charge in [0, 0.05) is 48.6 Å². The number of anilines is 1. The lowest BCUT2D eigenvalue weighted by Gasteiger charge is -2.59. The largest absolute Gasteiger partial charge is 0.433 e. The second-order valence-corrected chi connectivity index (χ2v) is 11.3. The highest BCUT2D eigenvalue weighted by molar-refractivity contribution is 6.30. The summed E-state index contributed by atoms with van der Waals surface area (Å²) in [6.45, 7) is 4.39. The van der Waals surface area contributed by atoms with Crippen molar-refractivity contribution in [2.75, 3.05) is 31.2 Å². The van der Waals surface area contributed by atoms with Crippen LogP contribution in [0.15, 0.2) is 36.4 Å². The average Bonchev–Trinajstić information content (AvgIpc) is 3.45. The van der Waals surface area contributed by atoms with E-state index in [0.717, 1.165) is 68.0 Å². The van der Waals surface area contributed by atoms with Crippen LogP contribution in [0.3, 0.4) is 0 Å². The predicted octanol–water partition coefficient (Wildman–Crippen LogP) is 4.82. The Morgan fingerprint density at radius 1 is 1.05 bits per heavy atom. The highest BCUT2D eigenvalue weighted by Crippen LogP contribution is 2.56. The number of nitrogens with zero attached hydrogens (tertiary/aromatic N) is 6. The summed E-state index contributed by atoms with van der Waals surface area (Å²) in [5.41, 5.74) is 1.47. The van der Waals surface area contributed by atoms with E-state index < -0.39 is 11.9 Å². The number of alkyl halides is 3. The van der Waals surface area contributed by atoms with Crippen molar-refractivity contribution in [2.45, 2.75) is 50.5 Å². The number of fused-ring (bicyclic) bond motifs is 3. The molecule has 11 heteroatoms. The van der Waals surface area contributed by atoms with E-state index >= 15 is 0 Å². The first-order valence-electron chi connectivity index (χ1n) is 12.6. The number of pyridine rings is 1. The number of aromatic nitrogens is 4. The monoisotopic (exact) mass is 530 g/mol. The third-order valence-corrected chi connectivity index (χ3v) is 8.54. The maximum atomic E-state index is 13.1. The number of ether oxygens (including phenoxy) is 1. The van der Waals surface area contributed by atoms with Gasteiger partial charge in [0.05, 0.1) is 18.8 Å². The molecule has 3 aliphatic heterocycles. The fraction of sp³-hybridized carbons (Fsp3) is 0.500. The highest BCUT2D eigenvalue weighted by Gasteiger charge is 2.54. The van der Waals surface area contributed by atoms with Crippen LogP contribution < -0.4 is 4.90 Å². The molecule has 0 N–H and O–H groups in total. The van der Waals surface area contributed by atoms with E-state index in [1.54, 1.807) is 6.07 Å². The van der Waals surface area contributed by atoms with E-state index in [4.69, 9.17) is 16.3 Å².